The van der Waals surface area contributed by atoms with Gasteiger partial charge >= 0.3 is 0 Å². The van der Waals surface area contributed by atoms with Crippen molar-refractivity contribution in [3.63, 3.8) is 0 Å². The lowest BCUT2D eigenvalue weighted by Gasteiger charge is -2.31. The van der Waals surface area contributed by atoms with Gasteiger partial charge < -0.3 is 10.2 Å². The Morgan fingerprint density at radius 3 is 2.23 bits per heavy atom. The third-order valence-corrected chi connectivity index (χ3v) is 7.12. The molecule has 0 aromatic heterocycles. The summed E-state index contributed by atoms with van der Waals surface area (Å²) >= 11 is 6.01. The van der Waals surface area contributed by atoms with Crippen LogP contribution >= 0.6 is 11.6 Å². The number of benzene rings is 2. The Bertz CT molecular complexity index is 1050. The number of sulfonamides is 1. The number of amides is 2. The Morgan fingerprint density at radius 1 is 1.00 bits per heavy atom. The molecule has 7 nitrogen and oxygen atoms in total. The predicted octanol–water partition coefficient (Wildman–Crippen LogP) is 4.61. The minimum atomic E-state index is -3.50. The first-order chi connectivity index (χ1) is 16.7. The summed E-state index contributed by atoms with van der Waals surface area (Å²) in [7, 11) is -3.50. The van der Waals surface area contributed by atoms with E-state index in [1.807, 2.05) is 25.1 Å². The number of carbonyl (C=O) groups is 2. The van der Waals surface area contributed by atoms with Gasteiger partial charge in [0.2, 0.25) is 21.8 Å². The van der Waals surface area contributed by atoms with Gasteiger partial charge in [-0.05, 0) is 49.1 Å². The zero-order chi connectivity index (χ0) is 25.8. The zero-order valence-corrected chi connectivity index (χ0v) is 22.3. The second-order valence-electron chi connectivity index (χ2n) is 8.49. The fourth-order valence-corrected chi connectivity index (χ4v) is 4.90. The molecule has 2 rings (SSSR count). The lowest BCUT2D eigenvalue weighted by Crippen LogP contribution is -2.49. The molecule has 2 aromatic rings. The summed E-state index contributed by atoms with van der Waals surface area (Å²) in [5.41, 5.74) is 1.42. The average molecular weight is 522 g/mol. The largest absolute Gasteiger partial charge is 0.354 e. The minimum Gasteiger partial charge on any atom is -0.354 e. The van der Waals surface area contributed by atoms with Gasteiger partial charge in [-0.2, -0.15) is 0 Å². The third-order valence-electron chi connectivity index (χ3n) is 5.68. The third kappa shape index (κ3) is 9.18. The molecule has 35 heavy (non-hydrogen) atoms. The maximum Gasteiger partial charge on any atom is 0.242 e. The summed E-state index contributed by atoms with van der Waals surface area (Å²) < 4.78 is 26.0. The fraction of sp³-hybridized carbons (Fsp3) is 0.462. The van der Waals surface area contributed by atoms with E-state index in [2.05, 4.69) is 12.2 Å². The van der Waals surface area contributed by atoms with E-state index in [1.54, 1.807) is 41.3 Å². The highest BCUT2D eigenvalue weighted by Crippen LogP contribution is 2.20. The average Bonchev–Trinajstić information content (AvgIpc) is 2.82. The first kappa shape index (κ1) is 28.7. The SMILES string of the molecule is CCCCNC(=O)C(CC)N(Cc1ccc(Cl)cc1)C(=O)CCCN(c1ccccc1)S(C)(=O)=O. The normalized spacial score (nSPS) is 12.1. The number of nitrogens with zero attached hydrogens (tertiary/aromatic N) is 2. The zero-order valence-electron chi connectivity index (χ0n) is 20.7. The molecule has 192 valence electrons. The highest BCUT2D eigenvalue weighted by Gasteiger charge is 2.28. The molecule has 0 spiro atoms. The first-order valence-corrected chi connectivity index (χ1v) is 14.2. The highest BCUT2D eigenvalue weighted by molar-refractivity contribution is 7.92. The van der Waals surface area contributed by atoms with Crippen LogP contribution in [0.15, 0.2) is 54.6 Å². The summed E-state index contributed by atoms with van der Waals surface area (Å²) in [4.78, 5) is 27.9. The van der Waals surface area contributed by atoms with Gasteiger partial charge in [0.1, 0.15) is 6.04 Å². The van der Waals surface area contributed by atoms with Crippen LogP contribution in [0.1, 0.15) is 51.5 Å². The van der Waals surface area contributed by atoms with Gasteiger partial charge in [-0.15, -0.1) is 0 Å². The van der Waals surface area contributed by atoms with Gasteiger partial charge in [0.05, 0.1) is 11.9 Å². The molecule has 9 heteroatoms. The Morgan fingerprint density at radius 2 is 1.66 bits per heavy atom. The number of halogens is 1. The van der Waals surface area contributed by atoms with E-state index < -0.39 is 16.1 Å². The molecule has 0 bridgehead atoms. The van der Waals surface area contributed by atoms with E-state index in [4.69, 9.17) is 11.6 Å². The van der Waals surface area contributed by atoms with E-state index in [-0.39, 0.29) is 31.3 Å². The maximum atomic E-state index is 13.4. The number of hydrogen-bond acceptors (Lipinski definition) is 4. The van der Waals surface area contributed by atoms with Crippen LogP contribution in [0, 0.1) is 0 Å². The van der Waals surface area contributed by atoms with Crippen molar-refractivity contribution in [2.45, 2.75) is 58.5 Å². The number of nitrogens with one attached hydrogen (secondary N) is 1. The van der Waals surface area contributed by atoms with Crippen LogP contribution < -0.4 is 9.62 Å². The summed E-state index contributed by atoms with van der Waals surface area (Å²) in [6, 6.07) is 15.4. The maximum absolute atomic E-state index is 13.4. The molecule has 1 atom stereocenters. The fourth-order valence-electron chi connectivity index (χ4n) is 3.81. The number of hydrogen-bond donors (Lipinski definition) is 1. The summed E-state index contributed by atoms with van der Waals surface area (Å²) in [6.07, 6.45) is 3.90. The minimum absolute atomic E-state index is 0.116. The highest BCUT2D eigenvalue weighted by atomic mass is 35.5. The molecule has 1 N–H and O–H groups in total. The van der Waals surface area contributed by atoms with E-state index in [0.717, 1.165) is 24.7 Å². The molecular weight excluding hydrogens is 486 g/mol. The monoisotopic (exact) mass is 521 g/mol. The van der Waals surface area contributed by atoms with E-state index in [0.29, 0.717) is 30.1 Å². The Hall–Kier alpha value is -2.58. The Kier molecular flexibility index (Phi) is 11.5. The summed E-state index contributed by atoms with van der Waals surface area (Å²) in [5, 5.41) is 3.53. The molecule has 0 saturated carbocycles. The molecular formula is C26H36ClN3O4S. The predicted molar refractivity (Wildman–Crippen MR) is 142 cm³/mol. The molecule has 2 aromatic carbocycles. The van der Waals surface area contributed by atoms with Crippen LogP contribution in [0.25, 0.3) is 0 Å². The van der Waals surface area contributed by atoms with E-state index >= 15 is 0 Å². The van der Waals surface area contributed by atoms with Crippen molar-refractivity contribution in [2.24, 2.45) is 0 Å². The van der Waals surface area contributed by atoms with Crippen LogP contribution in [-0.4, -0.2) is 50.5 Å². The van der Waals surface area contributed by atoms with Crippen LogP contribution in [-0.2, 0) is 26.2 Å². The van der Waals surface area contributed by atoms with Crippen LogP contribution in [0.4, 0.5) is 5.69 Å². The number of carbonyl (C=O) groups excluding carboxylic acids is 2. The van der Waals surface area contributed by atoms with Crippen molar-refractivity contribution in [3.05, 3.63) is 65.2 Å². The summed E-state index contributed by atoms with van der Waals surface area (Å²) in [6.45, 7) is 4.93. The molecule has 2 amide bonds. The number of rotatable bonds is 14. The van der Waals surface area contributed by atoms with Crippen LogP contribution in [0.5, 0.6) is 0 Å². The second kappa shape index (κ2) is 14.1. The summed E-state index contributed by atoms with van der Waals surface area (Å²) in [5.74, 6) is -0.371. The quantitative estimate of drug-likeness (QED) is 0.368. The van der Waals surface area contributed by atoms with Crippen molar-refractivity contribution in [2.75, 3.05) is 23.7 Å². The van der Waals surface area contributed by atoms with Crippen molar-refractivity contribution in [3.8, 4) is 0 Å². The van der Waals surface area contributed by atoms with Gasteiger partial charge in [0, 0.05) is 31.1 Å². The molecule has 0 saturated heterocycles. The van der Waals surface area contributed by atoms with Gasteiger partial charge in [0.25, 0.3) is 0 Å². The van der Waals surface area contributed by atoms with Crippen LogP contribution in [0.2, 0.25) is 5.02 Å². The van der Waals surface area contributed by atoms with Gasteiger partial charge in [-0.1, -0.05) is 62.2 Å². The first-order valence-electron chi connectivity index (χ1n) is 12.0. The van der Waals surface area contributed by atoms with E-state index in [1.165, 1.54) is 4.31 Å². The standard InChI is InChI=1S/C26H36ClN3O4S/c1-4-6-18-28-26(32)24(5-2)29(20-21-14-16-22(27)17-15-21)25(31)13-10-19-30(35(3,33)34)23-11-8-7-9-12-23/h7-9,11-12,14-17,24H,4-6,10,13,18-20H2,1-3H3,(H,28,32). The number of anilines is 1. The number of para-hydroxylation sites is 1. The molecule has 0 aliphatic heterocycles. The molecule has 0 aliphatic rings. The van der Waals surface area contributed by atoms with Crippen molar-refractivity contribution in [1.82, 2.24) is 10.2 Å². The number of unbranched alkanes of at least 4 members (excludes halogenated alkanes) is 1. The Balaban J connectivity index is 2.16. The lowest BCUT2D eigenvalue weighted by molar-refractivity contribution is -0.141. The van der Waals surface area contributed by atoms with Crippen molar-refractivity contribution >= 4 is 39.1 Å². The van der Waals surface area contributed by atoms with Crippen LogP contribution in [0.3, 0.4) is 0 Å². The topological polar surface area (TPSA) is 86.8 Å². The van der Waals surface area contributed by atoms with Crippen molar-refractivity contribution in [1.29, 1.82) is 0 Å². The molecule has 0 fully saturated rings. The molecule has 0 radical (unpaired) electrons. The van der Waals surface area contributed by atoms with Gasteiger partial charge in [0.15, 0.2) is 0 Å². The van der Waals surface area contributed by atoms with E-state index in [9.17, 15) is 18.0 Å². The Labute approximate surface area is 214 Å². The smallest absolute Gasteiger partial charge is 0.242 e. The van der Waals surface area contributed by atoms with Gasteiger partial charge in [-0.3, -0.25) is 13.9 Å². The molecule has 0 heterocycles. The molecule has 1 unspecified atom stereocenters. The second-order valence-corrected chi connectivity index (χ2v) is 10.8. The molecule has 0 aliphatic carbocycles. The lowest BCUT2D eigenvalue weighted by atomic mass is 10.1. The van der Waals surface area contributed by atoms with Gasteiger partial charge in [-0.25, -0.2) is 8.42 Å². The van der Waals surface area contributed by atoms with Crippen molar-refractivity contribution < 1.29 is 18.0 Å².